The number of halogens is 4. The fourth-order valence-corrected chi connectivity index (χ4v) is 3.30. The van der Waals surface area contributed by atoms with Crippen molar-refractivity contribution in [3.63, 3.8) is 0 Å². The Labute approximate surface area is 131 Å². The fraction of sp³-hybridized carbons (Fsp3) is 0.562. The highest BCUT2D eigenvalue weighted by Gasteiger charge is 2.35. The van der Waals surface area contributed by atoms with E-state index in [0.717, 1.165) is 12.1 Å². The third kappa shape index (κ3) is 3.72. The van der Waals surface area contributed by atoms with Gasteiger partial charge in [0.05, 0.1) is 18.8 Å². The van der Waals surface area contributed by atoms with Crippen LogP contribution in [0, 0.1) is 11.7 Å². The molecule has 2 fully saturated rings. The van der Waals surface area contributed by atoms with E-state index in [9.17, 15) is 22.4 Å². The summed E-state index contributed by atoms with van der Waals surface area (Å²) in [6.45, 7) is 1.10. The van der Waals surface area contributed by atoms with E-state index in [4.69, 9.17) is 4.74 Å². The Balaban J connectivity index is 1.68. The van der Waals surface area contributed by atoms with Crippen molar-refractivity contribution in [2.75, 3.05) is 13.2 Å². The number of ketones is 1. The maximum absolute atomic E-state index is 13.9. The first-order valence-electron chi connectivity index (χ1n) is 7.55. The Hall–Kier alpha value is -1.47. The number of carbonyl (C=O) groups is 1. The quantitative estimate of drug-likeness (QED) is 0.866. The molecule has 0 radical (unpaired) electrons. The van der Waals surface area contributed by atoms with Crippen LogP contribution in [0.1, 0.15) is 24.0 Å². The summed E-state index contributed by atoms with van der Waals surface area (Å²) >= 11 is 0. The van der Waals surface area contributed by atoms with Crippen LogP contribution in [-0.2, 0) is 22.1 Å². The second kappa shape index (κ2) is 6.20. The minimum Gasteiger partial charge on any atom is -0.378 e. The summed E-state index contributed by atoms with van der Waals surface area (Å²) in [5.74, 6) is -1.30. The monoisotopic (exact) mass is 331 g/mol. The molecule has 1 aromatic rings. The van der Waals surface area contributed by atoms with Crippen molar-refractivity contribution >= 4 is 5.78 Å². The molecule has 3 nitrogen and oxygen atoms in total. The Morgan fingerprint density at radius 3 is 2.43 bits per heavy atom. The van der Waals surface area contributed by atoms with Crippen LogP contribution < -0.4 is 5.32 Å². The van der Waals surface area contributed by atoms with E-state index >= 15 is 0 Å². The van der Waals surface area contributed by atoms with Crippen LogP contribution in [0.25, 0.3) is 0 Å². The average Bonchev–Trinajstić information content (AvgIpc) is 2.47. The first-order chi connectivity index (χ1) is 10.8. The zero-order chi connectivity index (χ0) is 16.6. The zero-order valence-electron chi connectivity index (χ0n) is 12.3. The summed E-state index contributed by atoms with van der Waals surface area (Å²) in [6.07, 6.45) is -3.51. The van der Waals surface area contributed by atoms with Crippen molar-refractivity contribution in [3.8, 4) is 0 Å². The standard InChI is InChI=1S/C16H17F4NO2/c17-14-6-11(16(18,19)20)2-1-9(14)5-15(22)10-3-12-7-23-8-13(4-10)21-12/h1-2,6,10,12-13,21H,3-5,7-8H2. The van der Waals surface area contributed by atoms with Crippen LogP contribution in [0.2, 0.25) is 0 Å². The van der Waals surface area contributed by atoms with Crippen molar-refractivity contribution in [1.29, 1.82) is 0 Å². The number of carbonyl (C=O) groups excluding carboxylic acids is 1. The summed E-state index contributed by atoms with van der Waals surface area (Å²) in [5.41, 5.74) is -1.03. The highest BCUT2D eigenvalue weighted by Crippen LogP contribution is 2.31. The van der Waals surface area contributed by atoms with Crippen molar-refractivity contribution < 1.29 is 27.1 Å². The molecule has 2 aliphatic rings. The molecule has 23 heavy (non-hydrogen) atoms. The maximum atomic E-state index is 13.9. The molecule has 126 valence electrons. The Morgan fingerprint density at radius 1 is 1.22 bits per heavy atom. The fourth-order valence-electron chi connectivity index (χ4n) is 3.30. The molecule has 2 bridgehead atoms. The van der Waals surface area contributed by atoms with Crippen LogP contribution in [0.5, 0.6) is 0 Å². The van der Waals surface area contributed by atoms with E-state index < -0.39 is 17.6 Å². The lowest BCUT2D eigenvalue weighted by Crippen LogP contribution is -2.55. The molecule has 1 aromatic carbocycles. The number of alkyl halides is 3. The number of piperidine rings is 1. The van der Waals surface area contributed by atoms with Crippen LogP contribution in [0.15, 0.2) is 18.2 Å². The molecule has 7 heteroatoms. The number of hydrogen-bond acceptors (Lipinski definition) is 3. The van der Waals surface area contributed by atoms with Gasteiger partial charge in [-0.15, -0.1) is 0 Å². The molecule has 2 unspecified atom stereocenters. The molecular weight excluding hydrogens is 314 g/mol. The summed E-state index contributed by atoms with van der Waals surface area (Å²) in [4.78, 5) is 12.4. The highest BCUT2D eigenvalue weighted by atomic mass is 19.4. The maximum Gasteiger partial charge on any atom is 0.416 e. The van der Waals surface area contributed by atoms with Crippen molar-refractivity contribution in [3.05, 3.63) is 35.1 Å². The Bertz CT molecular complexity index is 590. The smallest absolute Gasteiger partial charge is 0.378 e. The summed E-state index contributed by atoms with van der Waals surface area (Å²) < 4.78 is 56.9. The molecule has 3 rings (SSSR count). The number of ether oxygens (including phenoxy) is 1. The second-order valence-electron chi connectivity index (χ2n) is 6.21. The SMILES string of the molecule is O=C(Cc1ccc(C(F)(F)F)cc1F)C1CC2COCC(C1)N2. The number of hydrogen-bond donors (Lipinski definition) is 1. The molecule has 0 aromatic heterocycles. The van der Waals surface area contributed by atoms with Crippen LogP contribution in [-0.4, -0.2) is 31.1 Å². The van der Waals surface area contributed by atoms with Gasteiger partial charge in [0.1, 0.15) is 11.6 Å². The number of rotatable bonds is 3. The molecule has 0 amide bonds. The first-order valence-corrected chi connectivity index (χ1v) is 7.55. The molecule has 2 atom stereocenters. The molecule has 0 aliphatic carbocycles. The lowest BCUT2D eigenvalue weighted by atomic mass is 9.82. The number of benzene rings is 1. The van der Waals surface area contributed by atoms with Crippen molar-refractivity contribution in [1.82, 2.24) is 5.32 Å². The van der Waals surface area contributed by atoms with E-state index in [1.165, 1.54) is 0 Å². The second-order valence-corrected chi connectivity index (χ2v) is 6.21. The summed E-state index contributed by atoms with van der Waals surface area (Å²) in [5, 5.41) is 3.36. The first kappa shape index (κ1) is 16.4. The van der Waals surface area contributed by atoms with Gasteiger partial charge in [0.2, 0.25) is 0 Å². The number of Topliss-reactive ketones (excluding diaryl/α,β-unsaturated/α-hetero) is 1. The third-order valence-corrected chi connectivity index (χ3v) is 4.45. The number of fused-ring (bicyclic) bond motifs is 2. The van der Waals surface area contributed by atoms with E-state index in [1.54, 1.807) is 0 Å². The molecule has 2 heterocycles. The molecular formula is C16H17F4NO2. The molecule has 2 saturated heterocycles. The largest absolute Gasteiger partial charge is 0.416 e. The number of morpholine rings is 1. The minimum atomic E-state index is -4.59. The van der Waals surface area contributed by atoms with Gasteiger partial charge in [-0.2, -0.15) is 13.2 Å². The zero-order valence-corrected chi connectivity index (χ0v) is 12.3. The Morgan fingerprint density at radius 2 is 1.87 bits per heavy atom. The van der Waals surface area contributed by atoms with Gasteiger partial charge >= 0.3 is 6.18 Å². The predicted octanol–water partition coefficient (Wildman–Crippen LogP) is 2.72. The van der Waals surface area contributed by atoms with Crippen LogP contribution in [0.4, 0.5) is 17.6 Å². The van der Waals surface area contributed by atoms with E-state index in [1.807, 2.05) is 0 Å². The number of nitrogens with one attached hydrogen (secondary N) is 1. The predicted molar refractivity (Wildman–Crippen MR) is 74.4 cm³/mol. The molecule has 0 spiro atoms. The van der Waals surface area contributed by atoms with Gasteiger partial charge < -0.3 is 10.1 Å². The molecule has 1 N–H and O–H groups in total. The van der Waals surface area contributed by atoms with Crippen LogP contribution >= 0.6 is 0 Å². The van der Waals surface area contributed by atoms with Gasteiger partial charge in [0.15, 0.2) is 0 Å². The van der Waals surface area contributed by atoms with Crippen molar-refractivity contribution in [2.24, 2.45) is 5.92 Å². The van der Waals surface area contributed by atoms with E-state index in [2.05, 4.69) is 5.32 Å². The van der Waals surface area contributed by atoms with E-state index in [-0.39, 0.29) is 35.8 Å². The summed E-state index contributed by atoms with van der Waals surface area (Å²) in [7, 11) is 0. The minimum absolute atomic E-state index is 0.0166. The third-order valence-electron chi connectivity index (χ3n) is 4.45. The Kier molecular flexibility index (Phi) is 4.42. The molecule has 2 aliphatic heterocycles. The van der Waals surface area contributed by atoms with Gasteiger partial charge in [0, 0.05) is 24.4 Å². The lowest BCUT2D eigenvalue weighted by Gasteiger charge is -2.39. The highest BCUT2D eigenvalue weighted by molar-refractivity contribution is 5.83. The van der Waals surface area contributed by atoms with E-state index in [0.29, 0.717) is 32.1 Å². The summed E-state index contributed by atoms with van der Waals surface area (Å²) in [6, 6.07) is 2.56. The van der Waals surface area contributed by atoms with Gasteiger partial charge in [0.25, 0.3) is 0 Å². The van der Waals surface area contributed by atoms with Crippen molar-refractivity contribution in [2.45, 2.75) is 37.5 Å². The lowest BCUT2D eigenvalue weighted by molar-refractivity contribution is -0.137. The average molecular weight is 331 g/mol. The normalized spacial score (nSPS) is 27.7. The van der Waals surface area contributed by atoms with Crippen LogP contribution in [0.3, 0.4) is 0 Å². The van der Waals surface area contributed by atoms with Gasteiger partial charge in [-0.05, 0) is 30.5 Å². The van der Waals surface area contributed by atoms with Gasteiger partial charge in [-0.25, -0.2) is 4.39 Å². The molecule has 0 saturated carbocycles. The topological polar surface area (TPSA) is 38.3 Å². The van der Waals surface area contributed by atoms with Gasteiger partial charge in [-0.3, -0.25) is 4.79 Å². The van der Waals surface area contributed by atoms with Gasteiger partial charge in [-0.1, -0.05) is 6.07 Å².